The van der Waals surface area contributed by atoms with Crippen molar-refractivity contribution in [1.29, 1.82) is 0 Å². The zero-order valence-electron chi connectivity index (χ0n) is 27.7. The van der Waals surface area contributed by atoms with Gasteiger partial charge in [-0.1, -0.05) is 134 Å². The predicted octanol–water partition coefficient (Wildman–Crippen LogP) is 13.0. The molecule has 0 saturated carbocycles. The molecule has 0 aliphatic rings. The lowest BCUT2D eigenvalue weighted by Gasteiger charge is -2.20. The summed E-state index contributed by atoms with van der Waals surface area (Å²) in [7, 11) is 0. The molecule has 0 atom stereocenters. The first kappa shape index (κ1) is 30.9. The van der Waals surface area contributed by atoms with E-state index in [2.05, 4.69) is 187 Å². The van der Waals surface area contributed by atoms with Gasteiger partial charge in [0.2, 0.25) is 0 Å². The first-order valence-electron chi connectivity index (χ1n) is 16.6. The highest BCUT2D eigenvalue weighted by Gasteiger charge is 2.19. The van der Waals surface area contributed by atoms with Crippen molar-refractivity contribution in [2.24, 2.45) is 0 Å². The van der Waals surface area contributed by atoms with Crippen molar-refractivity contribution in [3.05, 3.63) is 168 Å². The maximum absolute atomic E-state index is 6.72. The van der Waals surface area contributed by atoms with Gasteiger partial charge in [0.25, 0.3) is 0 Å². The maximum atomic E-state index is 6.72. The Morgan fingerprint density at radius 2 is 1.20 bits per heavy atom. The Morgan fingerprint density at radius 3 is 1.90 bits per heavy atom. The molecule has 0 saturated heterocycles. The Balaban J connectivity index is 1.26. The SMILES string of the molecule is CC(C)(C)c1ccnc(-n2c3ccccc3c3ccc(Oc4cc(Br)cc(-c5c(-c6ccccc6)cccc5-c5ccccc5)c4)cc32)c1. The first-order chi connectivity index (χ1) is 23.8. The van der Waals surface area contributed by atoms with Gasteiger partial charge in [-0.05, 0) is 92.9 Å². The van der Waals surface area contributed by atoms with Crippen LogP contribution in [0.4, 0.5) is 0 Å². The predicted molar refractivity (Wildman–Crippen MR) is 208 cm³/mol. The van der Waals surface area contributed by atoms with E-state index in [0.717, 1.165) is 49.3 Å². The second-order valence-electron chi connectivity index (χ2n) is 13.4. The molecule has 2 aromatic heterocycles. The number of rotatable bonds is 6. The molecule has 0 fully saturated rings. The molecule has 6 aromatic carbocycles. The third-order valence-electron chi connectivity index (χ3n) is 9.12. The van der Waals surface area contributed by atoms with E-state index >= 15 is 0 Å². The third-order valence-corrected chi connectivity index (χ3v) is 9.57. The second kappa shape index (κ2) is 12.5. The summed E-state index contributed by atoms with van der Waals surface area (Å²) in [6, 6.07) is 53.3. The summed E-state index contributed by atoms with van der Waals surface area (Å²) in [6.07, 6.45) is 1.91. The van der Waals surface area contributed by atoms with Crippen LogP contribution in [0.25, 0.3) is 61.0 Å². The van der Waals surface area contributed by atoms with Crippen LogP contribution in [0.1, 0.15) is 26.3 Å². The summed E-state index contributed by atoms with van der Waals surface area (Å²) >= 11 is 3.82. The fourth-order valence-electron chi connectivity index (χ4n) is 6.75. The average Bonchev–Trinajstić information content (AvgIpc) is 3.45. The van der Waals surface area contributed by atoms with Gasteiger partial charge in [-0.2, -0.15) is 0 Å². The molecule has 238 valence electrons. The highest BCUT2D eigenvalue weighted by atomic mass is 79.9. The van der Waals surface area contributed by atoms with Crippen molar-refractivity contribution in [2.45, 2.75) is 26.2 Å². The zero-order valence-corrected chi connectivity index (χ0v) is 29.3. The lowest BCUT2D eigenvalue weighted by atomic mass is 9.87. The Morgan fingerprint density at radius 1 is 0.551 bits per heavy atom. The van der Waals surface area contributed by atoms with Crippen LogP contribution < -0.4 is 4.74 Å². The van der Waals surface area contributed by atoms with Crippen molar-refractivity contribution < 1.29 is 4.74 Å². The molecular formula is C45H35BrN2O. The lowest BCUT2D eigenvalue weighted by molar-refractivity contribution is 0.483. The highest BCUT2D eigenvalue weighted by Crippen LogP contribution is 2.43. The molecule has 8 rings (SSSR count). The van der Waals surface area contributed by atoms with E-state index in [1.54, 1.807) is 0 Å². The molecule has 0 spiro atoms. The van der Waals surface area contributed by atoms with E-state index in [0.29, 0.717) is 0 Å². The summed E-state index contributed by atoms with van der Waals surface area (Å²) in [5.74, 6) is 2.40. The van der Waals surface area contributed by atoms with Crippen molar-refractivity contribution in [3.8, 4) is 50.7 Å². The number of hydrogen-bond acceptors (Lipinski definition) is 2. The maximum Gasteiger partial charge on any atom is 0.137 e. The molecule has 2 heterocycles. The number of nitrogens with zero attached hydrogens (tertiary/aromatic N) is 2. The topological polar surface area (TPSA) is 27.1 Å². The van der Waals surface area contributed by atoms with Gasteiger partial charge in [-0.25, -0.2) is 4.98 Å². The van der Waals surface area contributed by atoms with Crippen LogP contribution in [-0.2, 0) is 5.41 Å². The van der Waals surface area contributed by atoms with Gasteiger partial charge in [0.05, 0.1) is 11.0 Å². The Hall–Kier alpha value is -5.45. The van der Waals surface area contributed by atoms with Gasteiger partial charge in [0.1, 0.15) is 17.3 Å². The quantitative estimate of drug-likeness (QED) is 0.173. The lowest BCUT2D eigenvalue weighted by Crippen LogP contribution is -2.12. The number of para-hydroxylation sites is 1. The monoisotopic (exact) mass is 698 g/mol. The van der Waals surface area contributed by atoms with Gasteiger partial charge in [-0.15, -0.1) is 0 Å². The molecule has 49 heavy (non-hydrogen) atoms. The molecule has 0 aliphatic carbocycles. The van der Waals surface area contributed by atoms with Crippen molar-refractivity contribution in [3.63, 3.8) is 0 Å². The van der Waals surface area contributed by atoms with E-state index in [9.17, 15) is 0 Å². The highest BCUT2D eigenvalue weighted by molar-refractivity contribution is 9.10. The summed E-state index contributed by atoms with van der Waals surface area (Å²) in [5, 5.41) is 2.34. The third kappa shape index (κ3) is 5.94. The van der Waals surface area contributed by atoms with Crippen molar-refractivity contribution in [1.82, 2.24) is 9.55 Å². The van der Waals surface area contributed by atoms with E-state index in [4.69, 9.17) is 9.72 Å². The number of aromatic nitrogens is 2. The van der Waals surface area contributed by atoms with Crippen LogP contribution in [0.2, 0.25) is 0 Å². The summed E-state index contributed by atoms with van der Waals surface area (Å²) in [5.41, 5.74) is 10.3. The zero-order chi connectivity index (χ0) is 33.5. The van der Waals surface area contributed by atoms with Crippen LogP contribution >= 0.6 is 15.9 Å². The van der Waals surface area contributed by atoms with Gasteiger partial charge in [0, 0.05) is 27.5 Å². The summed E-state index contributed by atoms with van der Waals surface area (Å²) in [6.45, 7) is 6.70. The summed E-state index contributed by atoms with van der Waals surface area (Å²) in [4.78, 5) is 4.85. The Bertz CT molecular complexity index is 2400. The molecule has 0 unspecified atom stereocenters. The molecule has 3 nitrogen and oxygen atoms in total. The van der Waals surface area contributed by atoms with Gasteiger partial charge in [0.15, 0.2) is 0 Å². The van der Waals surface area contributed by atoms with E-state index in [1.165, 1.54) is 33.2 Å². The fourth-order valence-corrected chi connectivity index (χ4v) is 7.22. The van der Waals surface area contributed by atoms with E-state index in [-0.39, 0.29) is 5.41 Å². The number of pyridine rings is 1. The Kier molecular flexibility index (Phi) is 7.89. The molecule has 4 heteroatoms. The number of benzene rings is 6. The second-order valence-corrected chi connectivity index (χ2v) is 14.3. The number of halogens is 1. The standard InChI is InChI=1S/C45H35BrN2O/c1-45(2,3)33-23-24-47-43(27-33)48-41-20-11-10-17-39(41)40-22-21-35(29-42(40)48)49-36-26-32(25-34(46)28-36)44-37(30-13-6-4-7-14-30)18-12-19-38(44)31-15-8-5-9-16-31/h4-29H,1-3H3. The van der Waals surface area contributed by atoms with Crippen LogP contribution in [0.3, 0.4) is 0 Å². The van der Waals surface area contributed by atoms with Gasteiger partial charge < -0.3 is 4.74 Å². The molecule has 0 N–H and O–H groups in total. The molecule has 0 aliphatic heterocycles. The van der Waals surface area contributed by atoms with Crippen LogP contribution in [-0.4, -0.2) is 9.55 Å². The van der Waals surface area contributed by atoms with Gasteiger partial charge >= 0.3 is 0 Å². The minimum absolute atomic E-state index is 0.00261. The molecule has 0 bridgehead atoms. The largest absolute Gasteiger partial charge is 0.457 e. The molecule has 8 aromatic rings. The van der Waals surface area contributed by atoms with E-state index in [1.807, 2.05) is 12.3 Å². The first-order valence-corrected chi connectivity index (χ1v) is 17.4. The number of ether oxygens (including phenoxy) is 1. The Labute approximate surface area is 295 Å². The fraction of sp³-hybridized carbons (Fsp3) is 0.0889. The van der Waals surface area contributed by atoms with Crippen LogP contribution in [0.5, 0.6) is 11.5 Å². The minimum atomic E-state index is 0.00261. The molecular weight excluding hydrogens is 664 g/mol. The summed E-state index contributed by atoms with van der Waals surface area (Å²) < 4.78 is 9.92. The van der Waals surface area contributed by atoms with Crippen molar-refractivity contribution in [2.75, 3.05) is 0 Å². The molecule has 0 radical (unpaired) electrons. The number of fused-ring (bicyclic) bond motifs is 3. The normalized spacial score (nSPS) is 11.7. The smallest absolute Gasteiger partial charge is 0.137 e. The number of hydrogen-bond donors (Lipinski definition) is 0. The average molecular weight is 700 g/mol. The molecule has 0 amide bonds. The van der Waals surface area contributed by atoms with Crippen LogP contribution in [0.15, 0.2) is 162 Å². The van der Waals surface area contributed by atoms with Crippen LogP contribution in [0, 0.1) is 0 Å². The van der Waals surface area contributed by atoms with E-state index < -0.39 is 0 Å². The van der Waals surface area contributed by atoms with Crippen molar-refractivity contribution >= 4 is 37.7 Å². The van der Waals surface area contributed by atoms with Gasteiger partial charge in [-0.3, -0.25) is 4.57 Å². The minimum Gasteiger partial charge on any atom is -0.457 e.